The van der Waals surface area contributed by atoms with Crippen molar-refractivity contribution in [2.45, 2.75) is 0 Å². The molecule has 0 saturated heterocycles. The van der Waals surface area contributed by atoms with E-state index < -0.39 is 7.12 Å². The van der Waals surface area contributed by atoms with Crippen LogP contribution in [0.15, 0.2) is 194 Å². The highest BCUT2D eigenvalue weighted by molar-refractivity contribution is 6.62. The van der Waals surface area contributed by atoms with Crippen molar-refractivity contribution < 1.29 is 10.0 Å². The Kier molecular flexibility index (Phi) is 8.54. The van der Waals surface area contributed by atoms with Crippen molar-refractivity contribution in [1.82, 2.24) is 0 Å². The summed E-state index contributed by atoms with van der Waals surface area (Å²) in [6.07, 6.45) is 0. The van der Waals surface area contributed by atoms with Crippen LogP contribution >= 0.6 is 0 Å². The fraction of sp³-hybridized carbons (Fsp3) is 0. The Hall–Kier alpha value is -6.20. The van der Waals surface area contributed by atoms with Crippen LogP contribution in [0, 0.1) is 0 Å². The summed E-state index contributed by atoms with van der Waals surface area (Å²) >= 11 is 0. The molecule has 0 aliphatic rings. The zero-order valence-electron chi connectivity index (χ0n) is 27.4. The van der Waals surface area contributed by atoms with Crippen LogP contribution < -0.4 is 10.4 Å². The van der Waals surface area contributed by atoms with Gasteiger partial charge in [-0.25, -0.2) is 0 Å². The molecule has 0 aromatic heterocycles. The molecular formula is C46H34BNO2. The van der Waals surface area contributed by atoms with Gasteiger partial charge in [0.15, 0.2) is 0 Å². The Balaban J connectivity index is 1.20. The highest BCUT2D eigenvalue weighted by Gasteiger charge is 2.21. The van der Waals surface area contributed by atoms with E-state index >= 15 is 0 Å². The van der Waals surface area contributed by atoms with Gasteiger partial charge in [-0.3, -0.25) is 0 Å². The van der Waals surface area contributed by atoms with Gasteiger partial charge in [-0.05, 0) is 85.7 Å². The third-order valence-corrected chi connectivity index (χ3v) is 9.33. The van der Waals surface area contributed by atoms with Crippen LogP contribution in [0.2, 0.25) is 0 Å². The summed E-state index contributed by atoms with van der Waals surface area (Å²) in [5, 5.41) is 22.1. The molecule has 0 heterocycles. The molecule has 0 radical (unpaired) electrons. The van der Waals surface area contributed by atoms with Gasteiger partial charge in [-0.1, -0.05) is 164 Å². The van der Waals surface area contributed by atoms with E-state index in [0.29, 0.717) is 5.46 Å². The van der Waals surface area contributed by atoms with Crippen molar-refractivity contribution in [1.29, 1.82) is 0 Å². The SMILES string of the molecule is OB(O)c1ccc(N(c2ccc(-c3ccc(-c4ccccc4)cc3)cc2)c2cccc(-c3ccc(-c4ccccc4)cc3)c2)c2ccccc12. The van der Waals surface area contributed by atoms with Crippen molar-refractivity contribution in [3.8, 4) is 44.5 Å². The molecule has 50 heavy (non-hydrogen) atoms. The molecule has 0 aliphatic heterocycles. The van der Waals surface area contributed by atoms with Gasteiger partial charge in [0.25, 0.3) is 0 Å². The van der Waals surface area contributed by atoms with Crippen molar-refractivity contribution in [2.75, 3.05) is 4.90 Å². The average molecular weight is 644 g/mol. The number of rotatable bonds is 8. The van der Waals surface area contributed by atoms with Crippen LogP contribution in [-0.4, -0.2) is 17.2 Å². The first-order valence-corrected chi connectivity index (χ1v) is 16.8. The minimum atomic E-state index is -1.57. The van der Waals surface area contributed by atoms with Gasteiger partial charge in [-0.15, -0.1) is 0 Å². The van der Waals surface area contributed by atoms with E-state index in [1.807, 2.05) is 48.5 Å². The van der Waals surface area contributed by atoms with Gasteiger partial charge in [0.05, 0.1) is 5.69 Å². The predicted molar refractivity (Wildman–Crippen MR) is 210 cm³/mol. The lowest BCUT2D eigenvalue weighted by Crippen LogP contribution is -2.30. The fourth-order valence-corrected chi connectivity index (χ4v) is 6.75. The topological polar surface area (TPSA) is 43.7 Å². The smallest absolute Gasteiger partial charge is 0.423 e. The Labute approximate surface area is 293 Å². The van der Waals surface area contributed by atoms with Crippen LogP contribution in [0.1, 0.15) is 0 Å². The maximum Gasteiger partial charge on any atom is 0.489 e. The second-order valence-corrected chi connectivity index (χ2v) is 12.4. The van der Waals surface area contributed by atoms with Crippen LogP contribution in [0.3, 0.4) is 0 Å². The molecule has 8 rings (SSSR count). The molecule has 0 spiro atoms. The van der Waals surface area contributed by atoms with E-state index in [2.05, 4.69) is 150 Å². The average Bonchev–Trinajstić information content (AvgIpc) is 3.19. The molecule has 0 unspecified atom stereocenters. The number of fused-ring (bicyclic) bond motifs is 1. The summed E-state index contributed by atoms with van der Waals surface area (Å²) in [7, 11) is -1.57. The lowest BCUT2D eigenvalue weighted by molar-refractivity contribution is 0.426. The molecule has 4 heteroatoms. The molecule has 3 nitrogen and oxygen atoms in total. The van der Waals surface area contributed by atoms with Crippen molar-refractivity contribution in [2.24, 2.45) is 0 Å². The molecule has 2 N–H and O–H groups in total. The Morgan fingerprint density at radius 2 is 0.740 bits per heavy atom. The largest absolute Gasteiger partial charge is 0.489 e. The Morgan fingerprint density at radius 3 is 1.26 bits per heavy atom. The number of hydrogen-bond acceptors (Lipinski definition) is 3. The molecule has 0 fully saturated rings. The first kappa shape index (κ1) is 31.1. The molecule has 0 aliphatic carbocycles. The summed E-state index contributed by atoms with van der Waals surface area (Å²) < 4.78 is 0. The highest BCUT2D eigenvalue weighted by atomic mass is 16.4. The first-order valence-electron chi connectivity index (χ1n) is 16.8. The third kappa shape index (κ3) is 6.22. The van der Waals surface area contributed by atoms with Gasteiger partial charge in [0, 0.05) is 16.8 Å². The monoisotopic (exact) mass is 643 g/mol. The minimum Gasteiger partial charge on any atom is -0.423 e. The lowest BCUT2D eigenvalue weighted by atomic mass is 9.77. The number of benzene rings is 8. The fourth-order valence-electron chi connectivity index (χ4n) is 6.75. The first-order chi connectivity index (χ1) is 24.6. The van der Waals surface area contributed by atoms with Gasteiger partial charge < -0.3 is 14.9 Å². The standard InChI is InChI=1S/C46H34BNO2/c49-47(50)45-30-31-46(44-17-8-7-16-43(44)45)48(41-28-26-38(27-29-41)37-20-18-35(19-21-37)33-10-3-1-4-11-33)42-15-9-14-40(32-42)39-24-22-36(23-25-39)34-12-5-2-6-13-34/h1-32,49-50H. The molecule has 238 valence electrons. The molecular weight excluding hydrogens is 609 g/mol. The molecule has 0 saturated carbocycles. The van der Waals surface area contributed by atoms with Crippen LogP contribution in [0.4, 0.5) is 17.1 Å². The zero-order chi connectivity index (χ0) is 33.9. The third-order valence-electron chi connectivity index (χ3n) is 9.33. The molecule has 0 bridgehead atoms. The van der Waals surface area contributed by atoms with E-state index in [1.165, 1.54) is 22.3 Å². The van der Waals surface area contributed by atoms with E-state index in [0.717, 1.165) is 50.1 Å². The summed E-state index contributed by atoms with van der Waals surface area (Å²) in [4.78, 5) is 2.25. The van der Waals surface area contributed by atoms with Gasteiger partial charge >= 0.3 is 7.12 Å². The maximum atomic E-state index is 10.2. The van der Waals surface area contributed by atoms with E-state index in [-0.39, 0.29) is 0 Å². The number of anilines is 3. The number of nitrogens with zero attached hydrogens (tertiary/aromatic N) is 1. The lowest BCUT2D eigenvalue weighted by Gasteiger charge is -2.28. The molecule has 8 aromatic carbocycles. The Bertz CT molecular complexity index is 2370. The molecule has 8 aromatic rings. The quantitative estimate of drug-likeness (QED) is 0.162. The van der Waals surface area contributed by atoms with E-state index in [9.17, 15) is 10.0 Å². The van der Waals surface area contributed by atoms with Gasteiger partial charge in [0.1, 0.15) is 0 Å². The van der Waals surface area contributed by atoms with Crippen LogP contribution in [-0.2, 0) is 0 Å². The zero-order valence-corrected chi connectivity index (χ0v) is 27.4. The molecule has 0 atom stereocenters. The van der Waals surface area contributed by atoms with E-state index in [4.69, 9.17) is 0 Å². The summed E-state index contributed by atoms with van der Waals surface area (Å²) in [5.41, 5.74) is 12.7. The minimum absolute atomic E-state index is 0.478. The van der Waals surface area contributed by atoms with Crippen LogP contribution in [0.5, 0.6) is 0 Å². The second kappa shape index (κ2) is 13.7. The van der Waals surface area contributed by atoms with Gasteiger partial charge in [0.2, 0.25) is 0 Å². The second-order valence-electron chi connectivity index (χ2n) is 12.4. The predicted octanol–water partition coefficient (Wildman–Crippen LogP) is 10.7. The Morgan fingerprint density at radius 1 is 0.320 bits per heavy atom. The van der Waals surface area contributed by atoms with Crippen LogP contribution in [0.25, 0.3) is 55.3 Å². The summed E-state index contributed by atoms with van der Waals surface area (Å²) in [6, 6.07) is 67.2. The molecule has 0 amide bonds. The summed E-state index contributed by atoms with van der Waals surface area (Å²) in [6.45, 7) is 0. The highest BCUT2D eigenvalue weighted by Crippen LogP contribution is 2.41. The maximum absolute atomic E-state index is 10.2. The van der Waals surface area contributed by atoms with Crippen molar-refractivity contribution >= 4 is 40.4 Å². The van der Waals surface area contributed by atoms with Crippen molar-refractivity contribution in [3.05, 3.63) is 194 Å². The van der Waals surface area contributed by atoms with Gasteiger partial charge in [-0.2, -0.15) is 0 Å². The number of hydrogen-bond donors (Lipinski definition) is 2. The summed E-state index contributed by atoms with van der Waals surface area (Å²) in [5.74, 6) is 0. The van der Waals surface area contributed by atoms with E-state index in [1.54, 1.807) is 0 Å². The normalized spacial score (nSPS) is 11.0. The van der Waals surface area contributed by atoms with Crippen molar-refractivity contribution in [3.63, 3.8) is 0 Å².